The van der Waals surface area contributed by atoms with E-state index in [1.807, 2.05) is 0 Å². The van der Waals surface area contributed by atoms with Crippen molar-refractivity contribution in [3.8, 4) is 6.07 Å². The lowest BCUT2D eigenvalue weighted by Gasteiger charge is -1.96. The van der Waals surface area contributed by atoms with Crippen LogP contribution in [0.1, 0.15) is 5.69 Å². The zero-order chi connectivity index (χ0) is 8.43. The summed E-state index contributed by atoms with van der Waals surface area (Å²) >= 11 is 0. The van der Waals surface area contributed by atoms with Gasteiger partial charge in [-0.2, -0.15) is 10.4 Å². The van der Waals surface area contributed by atoms with Gasteiger partial charge in [0.25, 0.3) is 0 Å². The molecule has 0 fully saturated rings. The van der Waals surface area contributed by atoms with Crippen LogP contribution in [0.2, 0.25) is 0 Å². The second kappa shape index (κ2) is 2.74. The van der Waals surface area contributed by atoms with Crippen LogP contribution >= 0.6 is 0 Å². The third-order valence-corrected chi connectivity index (χ3v) is 1.30. The van der Waals surface area contributed by atoms with Crippen molar-refractivity contribution in [3.05, 3.63) is 11.8 Å². The number of nitriles is 1. The van der Waals surface area contributed by atoms with Gasteiger partial charge >= 0.3 is 7.12 Å². The van der Waals surface area contributed by atoms with E-state index in [0.29, 0.717) is 0 Å². The minimum absolute atomic E-state index is 0.176. The zero-order valence-corrected chi connectivity index (χ0v) is 5.89. The van der Waals surface area contributed by atoms with Crippen LogP contribution in [0.3, 0.4) is 0 Å². The fourth-order valence-corrected chi connectivity index (χ4v) is 0.778. The van der Waals surface area contributed by atoms with Crippen molar-refractivity contribution in [2.24, 2.45) is 7.05 Å². The van der Waals surface area contributed by atoms with Crippen molar-refractivity contribution >= 4 is 12.7 Å². The van der Waals surface area contributed by atoms with Gasteiger partial charge in [0, 0.05) is 7.05 Å². The highest BCUT2D eigenvalue weighted by atomic mass is 16.4. The predicted octanol–water partition coefficient (Wildman–Crippen LogP) is -2.03. The molecule has 1 rings (SSSR count). The van der Waals surface area contributed by atoms with E-state index in [0.717, 1.165) is 0 Å². The normalized spacial score (nSPS) is 9.27. The Hall–Kier alpha value is -1.32. The number of nitrogens with zero attached hydrogens (tertiary/aromatic N) is 3. The highest BCUT2D eigenvalue weighted by molar-refractivity contribution is 6.57. The van der Waals surface area contributed by atoms with Crippen LogP contribution in [0.25, 0.3) is 0 Å². The molecule has 0 spiro atoms. The maximum absolute atomic E-state index is 8.70. The molecule has 0 aliphatic rings. The van der Waals surface area contributed by atoms with Crippen LogP contribution in [0.15, 0.2) is 6.07 Å². The van der Waals surface area contributed by atoms with Crippen molar-refractivity contribution in [2.45, 2.75) is 0 Å². The summed E-state index contributed by atoms with van der Waals surface area (Å²) in [6, 6.07) is 3.11. The minimum atomic E-state index is -1.57. The summed E-state index contributed by atoms with van der Waals surface area (Å²) in [6.45, 7) is 0. The molecule has 1 aromatic heterocycles. The molecule has 0 unspecified atom stereocenters. The van der Waals surface area contributed by atoms with Gasteiger partial charge in [-0.15, -0.1) is 0 Å². The van der Waals surface area contributed by atoms with Gasteiger partial charge in [0.2, 0.25) is 0 Å². The Labute approximate surface area is 63.6 Å². The fourth-order valence-electron chi connectivity index (χ4n) is 0.778. The van der Waals surface area contributed by atoms with E-state index in [2.05, 4.69) is 5.10 Å². The lowest BCUT2D eigenvalue weighted by Crippen LogP contribution is -2.35. The Kier molecular flexibility index (Phi) is 1.94. The summed E-state index contributed by atoms with van der Waals surface area (Å²) in [5, 5.41) is 29.5. The average Bonchev–Trinajstić information content (AvgIpc) is 2.30. The van der Waals surface area contributed by atoms with E-state index < -0.39 is 7.12 Å². The maximum atomic E-state index is 8.70. The van der Waals surface area contributed by atoms with Gasteiger partial charge in [-0.25, -0.2) is 0 Å². The molecule has 0 aliphatic carbocycles. The summed E-state index contributed by atoms with van der Waals surface area (Å²) in [5.74, 6) is 0. The molecule has 5 nitrogen and oxygen atoms in total. The number of rotatable bonds is 1. The van der Waals surface area contributed by atoms with E-state index in [1.165, 1.54) is 17.8 Å². The third kappa shape index (κ3) is 1.39. The maximum Gasteiger partial charge on any atom is 0.507 e. The van der Waals surface area contributed by atoms with E-state index in [1.54, 1.807) is 6.07 Å². The Morgan fingerprint density at radius 2 is 2.36 bits per heavy atom. The first-order valence-corrected chi connectivity index (χ1v) is 2.95. The van der Waals surface area contributed by atoms with Crippen molar-refractivity contribution in [3.63, 3.8) is 0 Å². The lowest BCUT2D eigenvalue weighted by atomic mass is 9.86. The fraction of sp³-hybridized carbons (Fsp3) is 0.200. The predicted molar refractivity (Wildman–Crippen MR) is 37.7 cm³/mol. The average molecular weight is 151 g/mol. The Morgan fingerprint density at radius 3 is 2.64 bits per heavy atom. The van der Waals surface area contributed by atoms with Gasteiger partial charge in [0.15, 0.2) is 5.69 Å². The Morgan fingerprint density at radius 1 is 1.73 bits per heavy atom. The van der Waals surface area contributed by atoms with Gasteiger partial charge in [-0.05, 0) is 6.07 Å². The van der Waals surface area contributed by atoms with E-state index in [9.17, 15) is 0 Å². The molecule has 2 N–H and O–H groups in total. The molecule has 56 valence electrons. The number of aryl methyl sites for hydroxylation is 1. The first-order valence-electron chi connectivity index (χ1n) is 2.95. The van der Waals surface area contributed by atoms with Crippen LogP contribution in [-0.4, -0.2) is 26.9 Å². The van der Waals surface area contributed by atoms with Gasteiger partial charge in [0.1, 0.15) is 6.07 Å². The van der Waals surface area contributed by atoms with Crippen molar-refractivity contribution in [1.82, 2.24) is 9.78 Å². The molecule has 0 atom stereocenters. The SMILES string of the molecule is Cn1nc(C#N)cc1B(O)O. The summed E-state index contributed by atoms with van der Waals surface area (Å²) in [6.07, 6.45) is 0. The second-order valence-electron chi connectivity index (χ2n) is 2.06. The summed E-state index contributed by atoms with van der Waals surface area (Å²) in [4.78, 5) is 0. The van der Waals surface area contributed by atoms with Gasteiger partial charge in [-0.1, -0.05) is 0 Å². The lowest BCUT2D eigenvalue weighted by molar-refractivity contribution is 0.421. The van der Waals surface area contributed by atoms with E-state index in [4.69, 9.17) is 15.3 Å². The molecular formula is C5H6BN3O2. The number of hydrogen-bond donors (Lipinski definition) is 2. The standard InChI is InChI=1S/C5H6BN3O2/c1-9-5(6(10)11)2-4(3-7)8-9/h2,10-11H,1H3. The van der Waals surface area contributed by atoms with Crippen LogP contribution < -0.4 is 5.59 Å². The van der Waals surface area contributed by atoms with Crippen LogP contribution in [0.5, 0.6) is 0 Å². The van der Waals surface area contributed by atoms with Crippen LogP contribution in [0.4, 0.5) is 0 Å². The van der Waals surface area contributed by atoms with E-state index in [-0.39, 0.29) is 11.3 Å². The molecule has 1 aromatic rings. The summed E-state index contributed by atoms with van der Waals surface area (Å²) in [7, 11) is -0.0371. The molecule has 0 amide bonds. The van der Waals surface area contributed by atoms with Gasteiger partial charge in [-0.3, -0.25) is 4.68 Å². The molecular weight excluding hydrogens is 145 g/mol. The summed E-state index contributed by atoms with van der Waals surface area (Å²) in [5.41, 5.74) is 0.386. The van der Waals surface area contributed by atoms with Gasteiger partial charge < -0.3 is 10.0 Å². The summed E-state index contributed by atoms with van der Waals surface area (Å²) < 4.78 is 1.25. The van der Waals surface area contributed by atoms with Crippen molar-refractivity contribution < 1.29 is 10.0 Å². The van der Waals surface area contributed by atoms with Crippen molar-refractivity contribution in [2.75, 3.05) is 0 Å². The molecule has 6 heteroatoms. The molecule has 0 saturated heterocycles. The highest BCUT2D eigenvalue weighted by Gasteiger charge is 2.16. The molecule has 0 saturated carbocycles. The van der Waals surface area contributed by atoms with Crippen LogP contribution in [-0.2, 0) is 7.05 Å². The largest absolute Gasteiger partial charge is 0.507 e. The highest BCUT2D eigenvalue weighted by Crippen LogP contribution is 1.88. The van der Waals surface area contributed by atoms with Crippen molar-refractivity contribution in [1.29, 1.82) is 5.26 Å². The van der Waals surface area contributed by atoms with Crippen LogP contribution in [0, 0.1) is 11.3 Å². The smallest absolute Gasteiger partial charge is 0.422 e. The molecule has 0 aliphatic heterocycles. The number of aromatic nitrogens is 2. The molecule has 0 bridgehead atoms. The second-order valence-corrected chi connectivity index (χ2v) is 2.06. The molecule has 0 aromatic carbocycles. The quantitative estimate of drug-likeness (QED) is 0.453. The zero-order valence-electron chi connectivity index (χ0n) is 5.89. The molecule has 0 radical (unpaired) electrons. The monoisotopic (exact) mass is 151 g/mol. The van der Waals surface area contributed by atoms with E-state index >= 15 is 0 Å². The number of hydrogen-bond acceptors (Lipinski definition) is 4. The van der Waals surface area contributed by atoms with Gasteiger partial charge in [0.05, 0.1) is 5.59 Å². The topological polar surface area (TPSA) is 82.1 Å². The Balaban J connectivity index is 3.09. The Bertz CT molecular complexity index is 301. The third-order valence-electron chi connectivity index (χ3n) is 1.30. The first-order chi connectivity index (χ1) is 5.15. The molecule has 11 heavy (non-hydrogen) atoms. The first kappa shape index (κ1) is 7.79. The minimum Gasteiger partial charge on any atom is -0.422 e. The molecule has 1 heterocycles.